The first kappa shape index (κ1) is 12.9. The van der Waals surface area contributed by atoms with Gasteiger partial charge in [0, 0.05) is 19.5 Å². The highest BCUT2D eigenvalue weighted by Gasteiger charge is 2.15. The van der Waals surface area contributed by atoms with Crippen molar-refractivity contribution >= 4 is 0 Å². The summed E-state index contributed by atoms with van der Waals surface area (Å²) in [6.45, 7) is 2.01. The number of nitrogens with zero attached hydrogens (tertiary/aromatic N) is 2. The minimum Gasteiger partial charge on any atom is -0.480 e. The van der Waals surface area contributed by atoms with E-state index in [1.807, 2.05) is 6.92 Å². The zero-order valence-electron chi connectivity index (χ0n) is 10.0. The summed E-state index contributed by atoms with van der Waals surface area (Å²) < 4.78 is 10.3. The average molecular weight is 225 g/mol. The Morgan fingerprint density at radius 1 is 1.25 bits per heavy atom. The molecule has 0 bridgehead atoms. The highest BCUT2D eigenvalue weighted by molar-refractivity contribution is 5.20. The second-order valence-corrected chi connectivity index (χ2v) is 3.68. The van der Waals surface area contributed by atoms with Gasteiger partial charge < -0.3 is 15.2 Å². The number of aromatic nitrogens is 2. The lowest BCUT2D eigenvalue weighted by Crippen LogP contribution is -2.16. The number of hydrogen-bond donors (Lipinski definition) is 1. The number of rotatable bonds is 6. The monoisotopic (exact) mass is 225 g/mol. The van der Waals surface area contributed by atoms with E-state index in [0.717, 1.165) is 12.8 Å². The smallest absolute Gasteiger partial charge is 0.236 e. The summed E-state index contributed by atoms with van der Waals surface area (Å²) in [5, 5.41) is 0. The van der Waals surface area contributed by atoms with E-state index >= 15 is 0 Å². The van der Waals surface area contributed by atoms with E-state index in [-0.39, 0.29) is 12.1 Å². The third-order valence-corrected chi connectivity index (χ3v) is 2.52. The summed E-state index contributed by atoms with van der Waals surface area (Å²) in [6.07, 6.45) is 5.10. The van der Waals surface area contributed by atoms with E-state index in [4.69, 9.17) is 15.2 Å². The van der Waals surface area contributed by atoms with Crippen molar-refractivity contribution in [1.29, 1.82) is 0 Å². The molecule has 0 aliphatic rings. The van der Waals surface area contributed by atoms with Gasteiger partial charge in [-0.15, -0.1) is 0 Å². The molecule has 1 heterocycles. The summed E-state index contributed by atoms with van der Waals surface area (Å²) >= 11 is 0. The van der Waals surface area contributed by atoms with Crippen LogP contribution >= 0.6 is 0 Å². The Kier molecular flexibility index (Phi) is 5.14. The van der Waals surface area contributed by atoms with Gasteiger partial charge in [0.1, 0.15) is 5.69 Å². The van der Waals surface area contributed by atoms with Gasteiger partial charge in [0.2, 0.25) is 5.88 Å². The predicted molar refractivity (Wildman–Crippen MR) is 61.2 cm³/mol. The van der Waals surface area contributed by atoms with Gasteiger partial charge in [-0.05, 0) is 19.8 Å². The van der Waals surface area contributed by atoms with E-state index < -0.39 is 0 Å². The topological polar surface area (TPSA) is 70.3 Å². The molecule has 0 aliphatic heterocycles. The molecule has 5 heteroatoms. The SMILES string of the molecule is COc1nccnc1C(N)CCC(C)OC. The molecule has 0 aromatic carbocycles. The first-order chi connectivity index (χ1) is 7.69. The minimum atomic E-state index is -0.166. The Labute approximate surface area is 96.0 Å². The van der Waals surface area contributed by atoms with Crippen LogP contribution in [0.25, 0.3) is 0 Å². The molecular weight excluding hydrogens is 206 g/mol. The molecule has 2 atom stereocenters. The van der Waals surface area contributed by atoms with Gasteiger partial charge in [-0.1, -0.05) is 0 Å². The van der Waals surface area contributed by atoms with Crippen LogP contribution in [-0.2, 0) is 4.74 Å². The second kappa shape index (κ2) is 6.40. The highest BCUT2D eigenvalue weighted by atomic mass is 16.5. The third kappa shape index (κ3) is 3.43. The molecule has 1 rings (SSSR count). The Balaban J connectivity index is 2.61. The Morgan fingerprint density at radius 2 is 1.94 bits per heavy atom. The van der Waals surface area contributed by atoms with E-state index in [1.165, 1.54) is 0 Å². The molecule has 2 N–H and O–H groups in total. The molecule has 90 valence electrons. The summed E-state index contributed by atoms with van der Waals surface area (Å²) in [4.78, 5) is 8.27. The second-order valence-electron chi connectivity index (χ2n) is 3.68. The normalized spacial score (nSPS) is 14.5. The Bertz CT molecular complexity index is 320. The van der Waals surface area contributed by atoms with Gasteiger partial charge in [-0.3, -0.25) is 4.98 Å². The van der Waals surface area contributed by atoms with Crippen LogP contribution < -0.4 is 10.5 Å². The summed E-state index contributed by atoms with van der Waals surface area (Å²) in [6, 6.07) is -0.166. The van der Waals surface area contributed by atoms with E-state index in [2.05, 4.69) is 9.97 Å². The molecule has 2 unspecified atom stereocenters. The van der Waals surface area contributed by atoms with Crippen molar-refractivity contribution in [3.63, 3.8) is 0 Å². The lowest BCUT2D eigenvalue weighted by Gasteiger charge is -2.15. The van der Waals surface area contributed by atoms with Crippen molar-refractivity contribution in [3.8, 4) is 5.88 Å². The molecule has 1 aromatic rings. The zero-order valence-corrected chi connectivity index (χ0v) is 10.0. The maximum Gasteiger partial charge on any atom is 0.236 e. The Morgan fingerprint density at radius 3 is 2.56 bits per heavy atom. The lowest BCUT2D eigenvalue weighted by molar-refractivity contribution is 0.107. The maximum atomic E-state index is 6.04. The van der Waals surface area contributed by atoms with Crippen molar-refractivity contribution in [2.75, 3.05) is 14.2 Å². The van der Waals surface area contributed by atoms with Crippen LogP contribution in [0.5, 0.6) is 5.88 Å². The molecular formula is C11H19N3O2. The fraction of sp³-hybridized carbons (Fsp3) is 0.636. The number of nitrogens with two attached hydrogens (primary N) is 1. The van der Waals surface area contributed by atoms with Crippen molar-refractivity contribution in [1.82, 2.24) is 9.97 Å². The largest absolute Gasteiger partial charge is 0.480 e. The summed E-state index contributed by atoms with van der Waals surface area (Å²) in [5.74, 6) is 0.500. The van der Waals surface area contributed by atoms with Gasteiger partial charge in [0.05, 0.1) is 19.3 Å². The van der Waals surface area contributed by atoms with Crippen LogP contribution in [0.3, 0.4) is 0 Å². The molecule has 0 saturated heterocycles. The number of ether oxygens (including phenoxy) is 2. The molecule has 1 aromatic heterocycles. The molecule has 16 heavy (non-hydrogen) atoms. The van der Waals surface area contributed by atoms with Gasteiger partial charge in [0.25, 0.3) is 0 Å². The van der Waals surface area contributed by atoms with Crippen LogP contribution in [0.4, 0.5) is 0 Å². The van der Waals surface area contributed by atoms with Gasteiger partial charge >= 0.3 is 0 Å². The molecule has 0 aliphatic carbocycles. The van der Waals surface area contributed by atoms with Gasteiger partial charge in [0.15, 0.2) is 0 Å². The average Bonchev–Trinajstić information content (AvgIpc) is 2.35. The number of methoxy groups -OCH3 is 2. The zero-order chi connectivity index (χ0) is 12.0. The molecule has 0 amide bonds. The molecule has 0 spiro atoms. The summed E-state index contributed by atoms with van der Waals surface area (Å²) in [5.41, 5.74) is 6.74. The van der Waals surface area contributed by atoms with Crippen LogP contribution in [-0.4, -0.2) is 30.3 Å². The van der Waals surface area contributed by atoms with Crippen molar-refractivity contribution < 1.29 is 9.47 Å². The van der Waals surface area contributed by atoms with Crippen molar-refractivity contribution in [2.45, 2.75) is 31.9 Å². The summed E-state index contributed by atoms with van der Waals surface area (Å²) in [7, 11) is 3.26. The van der Waals surface area contributed by atoms with E-state index in [9.17, 15) is 0 Å². The minimum absolute atomic E-state index is 0.166. The fourth-order valence-corrected chi connectivity index (χ4v) is 1.42. The molecule has 0 fully saturated rings. The van der Waals surface area contributed by atoms with Crippen molar-refractivity contribution in [2.24, 2.45) is 5.73 Å². The first-order valence-corrected chi connectivity index (χ1v) is 5.32. The fourth-order valence-electron chi connectivity index (χ4n) is 1.42. The number of hydrogen-bond acceptors (Lipinski definition) is 5. The molecule has 0 radical (unpaired) electrons. The first-order valence-electron chi connectivity index (χ1n) is 5.32. The molecule has 0 saturated carbocycles. The standard InChI is InChI=1S/C11H19N3O2/c1-8(15-2)4-5-9(12)10-11(16-3)14-7-6-13-10/h6-9H,4-5,12H2,1-3H3. The maximum absolute atomic E-state index is 6.04. The van der Waals surface area contributed by atoms with Crippen molar-refractivity contribution in [3.05, 3.63) is 18.1 Å². The van der Waals surface area contributed by atoms with Crippen LogP contribution in [0.2, 0.25) is 0 Å². The highest BCUT2D eigenvalue weighted by Crippen LogP contribution is 2.22. The van der Waals surface area contributed by atoms with E-state index in [1.54, 1.807) is 26.6 Å². The molecule has 5 nitrogen and oxygen atoms in total. The third-order valence-electron chi connectivity index (χ3n) is 2.52. The van der Waals surface area contributed by atoms with Crippen LogP contribution in [0, 0.1) is 0 Å². The van der Waals surface area contributed by atoms with Crippen LogP contribution in [0.1, 0.15) is 31.5 Å². The Hall–Kier alpha value is -1.20. The van der Waals surface area contributed by atoms with Gasteiger partial charge in [-0.2, -0.15) is 0 Å². The lowest BCUT2D eigenvalue weighted by atomic mass is 10.1. The predicted octanol–water partition coefficient (Wildman–Crippen LogP) is 1.30. The quantitative estimate of drug-likeness (QED) is 0.790. The van der Waals surface area contributed by atoms with Crippen LogP contribution in [0.15, 0.2) is 12.4 Å². The van der Waals surface area contributed by atoms with Gasteiger partial charge in [-0.25, -0.2) is 4.98 Å². The van der Waals surface area contributed by atoms with E-state index in [0.29, 0.717) is 11.6 Å².